The number of hydrogen-bond acceptors (Lipinski definition) is 3. The van der Waals surface area contributed by atoms with Crippen LogP contribution >= 0.6 is 0 Å². The van der Waals surface area contributed by atoms with E-state index in [9.17, 15) is 5.11 Å². The van der Waals surface area contributed by atoms with Crippen molar-refractivity contribution in [3.8, 4) is 0 Å². The maximum absolute atomic E-state index is 11.0. The summed E-state index contributed by atoms with van der Waals surface area (Å²) in [5.74, 6) is -1.16. The van der Waals surface area contributed by atoms with Crippen LogP contribution in [0.2, 0.25) is 0 Å². The van der Waals surface area contributed by atoms with E-state index in [4.69, 9.17) is 4.74 Å². The van der Waals surface area contributed by atoms with Crippen LogP contribution in [0.4, 0.5) is 0 Å². The van der Waals surface area contributed by atoms with E-state index in [1.165, 1.54) is 5.56 Å². The van der Waals surface area contributed by atoms with Crippen molar-refractivity contribution in [2.45, 2.75) is 38.5 Å². The van der Waals surface area contributed by atoms with Crippen LogP contribution in [-0.4, -0.2) is 24.3 Å². The Morgan fingerprint density at radius 3 is 2.83 bits per heavy atom. The SMILES string of the molecule is CC1(C)CN[C@H]([C@]2(O)OCCc3ccccc32)C1. The summed E-state index contributed by atoms with van der Waals surface area (Å²) in [7, 11) is 0. The van der Waals surface area contributed by atoms with Gasteiger partial charge in [0, 0.05) is 12.1 Å². The average Bonchev–Trinajstić information content (AvgIpc) is 2.71. The van der Waals surface area contributed by atoms with E-state index in [0.29, 0.717) is 6.61 Å². The maximum atomic E-state index is 11.0. The molecule has 0 saturated carbocycles. The minimum atomic E-state index is -1.16. The molecule has 2 aliphatic rings. The van der Waals surface area contributed by atoms with Crippen LogP contribution in [0.25, 0.3) is 0 Å². The van der Waals surface area contributed by atoms with E-state index in [0.717, 1.165) is 24.9 Å². The van der Waals surface area contributed by atoms with Gasteiger partial charge in [0.1, 0.15) is 0 Å². The summed E-state index contributed by atoms with van der Waals surface area (Å²) in [6.45, 7) is 5.95. The molecule has 0 amide bonds. The summed E-state index contributed by atoms with van der Waals surface area (Å²) in [6, 6.07) is 8.05. The van der Waals surface area contributed by atoms with E-state index in [-0.39, 0.29) is 11.5 Å². The molecule has 3 rings (SSSR count). The molecule has 2 N–H and O–H groups in total. The number of fused-ring (bicyclic) bond motifs is 1. The minimum absolute atomic E-state index is 0.0195. The molecule has 0 spiro atoms. The summed E-state index contributed by atoms with van der Waals surface area (Å²) in [5, 5.41) is 14.4. The van der Waals surface area contributed by atoms with Gasteiger partial charge in [-0.25, -0.2) is 0 Å². The van der Waals surface area contributed by atoms with Crippen molar-refractivity contribution in [1.29, 1.82) is 0 Å². The van der Waals surface area contributed by atoms with Gasteiger partial charge >= 0.3 is 0 Å². The Labute approximate surface area is 108 Å². The molecule has 1 aromatic carbocycles. The van der Waals surface area contributed by atoms with Crippen LogP contribution in [0, 0.1) is 5.41 Å². The van der Waals surface area contributed by atoms with Crippen LogP contribution in [0.3, 0.4) is 0 Å². The fourth-order valence-corrected chi connectivity index (χ4v) is 3.14. The number of benzene rings is 1. The molecule has 1 fully saturated rings. The smallest absolute Gasteiger partial charge is 0.208 e. The largest absolute Gasteiger partial charge is 0.361 e. The Bertz CT molecular complexity index is 458. The zero-order valence-electron chi connectivity index (χ0n) is 11.1. The second-order valence-electron chi connectivity index (χ2n) is 6.25. The highest BCUT2D eigenvalue weighted by Gasteiger charge is 2.48. The molecule has 0 radical (unpaired) electrons. The van der Waals surface area contributed by atoms with Crippen molar-refractivity contribution >= 4 is 0 Å². The lowest BCUT2D eigenvalue weighted by Gasteiger charge is -2.39. The van der Waals surface area contributed by atoms with Gasteiger partial charge in [-0.3, -0.25) is 0 Å². The first-order valence-corrected chi connectivity index (χ1v) is 6.69. The molecule has 0 aliphatic carbocycles. The molecule has 0 unspecified atom stereocenters. The number of hydrogen-bond donors (Lipinski definition) is 2. The molecular weight excluding hydrogens is 226 g/mol. The fraction of sp³-hybridized carbons (Fsp3) is 0.600. The van der Waals surface area contributed by atoms with Gasteiger partial charge in [0.2, 0.25) is 5.79 Å². The predicted molar refractivity (Wildman–Crippen MR) is 70.2 cm³/mol. The molecule has 2 aliphatic heterocycles. The topological polar surface area (TPSA) is 41.5 Å². The van der Waals surface area contributed by atoms with E-state index in [1.807, 2.05) is 18.2 Å². The van der Waals surface area contributed by atoms with Gasteiger partial charge in [-0.15, -0.1) is 0 Å². The number of rotatable bonds is 1. The first-order valence-electron chi connectivity index (χ1n) is 6.69. The van der Waals surface area contributed by atoms with Crippen molar-refractivity contribution in [1.82, 2.24) is 5.32 Å². The third-order valence-corrected chi connectivity index (χ3v) is 4.15. The molecule has 3 nitrogen and oxygen atoms in total. The normalized spacial score (nSPS) is 34.3. The van der Waals surface area contributed by atoms with Gasteiger partial charge in [0.05, 0.1) is 12.6 Å². The van der Waals surface area contributed by atoms with Crippen molar-refractivity contribution in [2.24, 2.45) is 5.41 Å². The second kappa shape index (κ2) is 4.05. The minimum Gasteiger partial charge on any atom is -0.361 e. The third-order valence-electron chi connectivity index (χ3n) is 4.15. The molecular formula is C15H21NO2. The van der Waals surface area contributed by atoms with Crippen LogP contribution in [-0.2, 0) is 16.9 Å². The van der Waals surface area contributed by atoms with E-state index < -0.39 is 5.79 Å². The quantitative estimate of drug-likeness (QED) is 0.795. The number of aliphatic hydroxyl groups is 1. The molecule has 1 saturated heterocycles. The highest BCUT2D eigenvalue weighted by atomic mass is 16.6. The van der Waals surface area contributed by atoms with Crippen molar-refractivity contribution in [3.05, 3.63) is 35.4 Å². The number of nitrogens with one attached hydrogen (secondary N) is 1. The Kier molecular flexibility index (Phi) is 2.73. The first kappa shape index (κ1) is 12.2. The zero-order chi connectivity index (χ0) is 12.8. The van der Waals surface area contributed by atoms with Crippen molar-refractivity contribution < 1.29 is 9.84 Å². The monoisotopic (exact) mass is 247 g/mol. The van der Waals surface area contributed by atoms with Crippen LogP contribution in [0.5, 0.6) is 0 Å². The van der Waals surface area contributed by atoms with Crippen LogP contribution in [0.1, 0.15) is 31.4 Å². The lowest BCUT2D eigenvalue weighted by atomic mass is 9.84. The number of ether oxygens (including phenoxy) is 1. The third kappa shape index (κ3) is 1.87. The molecule has 1 aromatic rings. The van der Waals surface area contributed by atoms with E-state index in [1.54, 1.807) is 0 Å². The molecule has 0 bridgehead atoms. The summed E-state index contributed by atoms with van der Waals surface area (Å²) in [5.41, 5.74) is 2.36. The summed E-state index contributed by atoms with van der Waals surface area (Å²) < 4.78 is 5.76. The molecule has 3 heteroatoms. The molecule has 0 aromatic heterocycles. The Morgan fingerprint density at radius 2 is 2.11 bits per heavy atom. The lowest BCUT2D eigenvalue weighted by molar-refractivity contribution is -0.237. The summed E-state index contributed by atoms with van der Waals surface area (Å²) in [4.78, 5) is 0. The van der Waals surface area contributed by atoms with Gasteiger partial charge in [-0.1, -0.05) is 38.1 Å². The Balaban J connectivity index is 1.96. The molecule has 2 heterocycles. The first-order chi connectivity index (χ1) is 8.51. The fourth-order valence-electron chi connectivity index (χ4n) is 3.14. The predicted octanol–water partition coefficient (Wildman–Crippen LogP) is 1.79. The molecule has 2 atom stereocenters. The average molecular weight is 247 g/mol. The van der Waals surface area contributed by atoms with E-state index >= 15 is 0 Å². The van der Waals surface area contributed by atoms with Gasteiger partial charge < -0.3 is 15.2 Å². The highest BCUT2D eigenvalue weighted by Crippen LogP contribution is 2.40. The van der Waals surface area contributed by atoms with Gasteiger partial charge in [0.25, 0.3) is 0 Å². The molecule has 98 valence electrons. The van der Waals surface area contributed by atoms with Gasteiger partial charge in [0.15, 0.2) is 0 Å². The van der Waals surface area contributed by atoms with Gasteiger partial charge in [-0.2, -0.15) is 0 Å². The molecule has 18 heavy (non-hydrogen) atoms. The summed E-state index contributed by atoms with van der Waals surface area (Å²) >= 11 is 0. The zero-order valence-corrected chi connectivity index (χ0v) is 11.1. The standard InChI is InChI=1S/C15H21NO2/c1-14(2)9-13(16-10-14)15(17)12-6-4-3-5-11(12)7-8-18-15/h3-6,13,16-17H,7-10H2,1-2H3/t13-,15+/m0/s1. The van der Waals surface area contributed by atoms with Crippen molar-refractivity contribution in [3.63, 3.8) is 0 Å². The Hall–Kier alpha value is -0.900. The van der Waals surface area contributed by atoms with Crippen LogP contribution in [0.15, 0.2) is 24.3 Å². The van der Waals surface area contributed by atoms with E-state index in [2.05, 4.69) is 25.2 Å². The highest BCUT2D eigenvalue weighted by molar-refractivity contribution is 5.34. The van der Waals surface area contributed by atoms with Crippen molar-refractivity contribution in [2.75, 3.05) is 13.2 Å². The van der Waals surface area contributed by atoms with Gasteiger partial charge in [-0.05, 0) is 23.8 Å². The van der Waals surface area contributed by atoms with Crippen LogP contribution < -0.4 is 5.32 Å². The second-order valence-corrected chi connectivity index (χ2v) is 6.25. The lowest BCUT2D eigenvalue weighted by Crippen LogP contribution is -2.50. The Morgan fingerprint density at radius 1 is 1.33 bits per heavy atom. The summed E-state index contributed by atoms with van der Waals surface area (Å²) in [6.07, 6.45) is 1.81. The maximum Gasteiger partial charge on any atom is 0.208 e.